The van der Waals surface area contributed by atoms with Crippen LogP contribution in [0.15, 0.2) is 30.3 Å². The molecule has 142 valence electrons. The molecule has 0 aliphatic carbocycles. The molecular formula is C18H29Cl2N3O2. The Hall–Kier alpha value is -0.850. The normalized spacial score (nSPS) is 23.4. The highest BCUT2D eigenvalue weighted by Crippen LogP contribution is 2.12. The van der Waals surface area contributed by atoms with Gasteiger partial charge in [0.25, 0.3) is 0 Å². The van der Waals surface area contributed by atoms with E-state index in [-0.39, 0.29) is 36.8 Å². The number of halogens is 2. The van der Waals surface area contributed by atoms with E-state index in [1.807, 2.05) is 6.07 Å². The Kier molecular flexibility index (Phi) is 10.4. The standard InChI is InChI=1S/C18H27N3O2.2ClH/c22-18(20-9-7-15-6-8-19-12-15)17-14-21(10-11-23-17)13-16-4-2-1-3-5-16;;/h1-5,15,17,19H,6-14H2,(H,20,22);2*1H. The summed E-state index contributed by atoms with van der Waals surface area (Å²) in [6.07, 6.45) is 1.94. The Morgan fingerprint density at radius 1 is 1.28 bits per heavy atom. The van der Waals surface area contributed by atoms with E-state index in [0.29, 0.717) is 19.1 Å². The average molecular weight is 390 g/mol. The van der Waals surface area contributed by atoms with Gasteiger partial charge < -0.3 is 15.4 Å². The molecule has 1 aromatic carbocycles. The van der Waals surface area contributed by atoms with Crippen molar-refractivity contribution in [1.82, 2.24) is 15.5 Å². The molecule has 2 unspecified atom stereocenters. The predicted molar refractivity (Wildman–Crippen MR) is 105 cm³/mol. The largest absolute Gasteiger partial charge is 0.366 e. The van der Waals surface area contributed by atoms with Gasteiger partial charge in [-0.2, -0.15) is 0 Å². The third kappa shape index (κ3) is 7.12. The fraction of sp³-hybridized carbons (Fsp3) is 0.611. The van der Waals surface area contributed by atoms with Gasteiger partial charge in [0.1, 0.15) is 6.10 Å². The summed E-state index contributed by atoms with van der Waals surface area (Å²) in [5.74, 6) is 0.742. The molecule has 0 saturated carbocycles. The Morgan fingerprint density at radius 3 is 2.80 bits per heavy atom. The number of morpholine rings is 1. The van der Waals surface area contributed by atoms with E-state index in [0.717, 1.165) is 39.1 Å². The molecule has 0 aromatic heterocycles. The van der Waals surface area contributed by atoms with Crippen molar-refractivity contribution in [3.8, 4) is 0 Å². The fourth-order valence-electron chi connectivity index (χ4n) is 3.32. The maximum Gasteiger partial charge on any atom is 0.250 e. The number of hydrogen-bond donors (Lipinski definition) is 2. The number of carbonyl (C=O) groups is 1. The molecule has 2 aliphatic heterocycles. The minimum absolute atomic E-state index is 0. The lowest BCUT2D eigenvalue weighted by Crippen LogP contribution is -2.49. The van der Waals surface area contributed by atoms with Gasteiger partial charge in [-0.05, 0) is 37.4 Å². The van der Waals surface area contributed by atoms with Gasteiger partial charge >= 0.3 is 0 Å². The van der Waals surface area contributed by atoms with Crippen molar-refractivity contribution >= 4 is 30.7 Å². The molecule has 25 heavy (non-hydrogen) atoms. The Bertz CT molecular complexity index is 498. The van der Waals surface area contributed by atoms with Crippen LogP contribution in [0.5, 0.6) is 0 Å². The lowest BCUT2D eigenvalue weighted by atomic mass is 10.1. The van der Waals surface area contributed by atoms with Crippen LogP contribution in [0.4, 0.5) is 0 Å². The number of nitrogens with zero attached hydrogens (tertiary/aromatic N) is 1. The summed E-state index contributed by atoms with van der Waals surface area (Å²) in [7, 11) is 0. The number of nitrogens with one attached hydrogen (secondary N) is 2. The van der Waals surface area contributed by atoms with Crippen molar-refractivity contribution < 1.29 is 9.53 Å². The van der Waals surface area contributed by atoms with Gasteiger partial charge in [0.05, 0.1) is 6.61 Å². The summed E-state index contributed by atoms with van der Waals surface area (Å²) in [6.45, 7) is 6.00. The molecule has 5 nitrogen and oxygen atoms in total. The van der Waals surface area contributed by atoms with E-state index in [2.05, 4.69) is 39.8 Å². The summed E-state index contributed by atoms with van der Waals surface area (Å²) < 4.78 is 5.66. The number of ether oxygens (including phenoxy) is 1. The second-order valence-electron chi connectivity index (χ2n) is 6.52. The first-order valence-electron chi connectivity index (χ1n) is 8.67. The maximum atomic E-state index is 12.3. The Balaban J connectivity index is 0.00000156. The highest BCUT2D eigenvalue weighted by Gasteiger charge is 2.26. The van der Waals surface area contributed by atoms with Crippen LogP contribution in [0.1, 0.15) is 18.4 Å². The maximum absolute atomic E-state index is 12.3. The molecule has 1 aromatic rings. The van der Waals surface area contributed by atoms with Crippen LogP contribution in [0.25, 0.3) is 0 Å². The molecule has 7 heteroatoms. The van der Waals surface area contributed by atoms with E-state index >= 15 is 0 Å². The number of hydrogen-bond acceptors (Lipinski definition) is 4. The number of rotatable bonds is 6. The molecule has 2 aliphatic rings. The molecule has 0 bridgehead atoms. The molecule has 2 heterocycles. The van der Waals surface area contributed by atoms with E-state index in [1.54, 1.807) is 0 Å². The van der Waals surface area contributed by atoms with Crippen molar-refractivity contribution in [3.05, 3.63) is 35.9 Å². The third-order valence-corrected chi connectivity index (χ3v) is 4.71. The number of amides is 1. The molecule has 3 rings (SSSR count). The highest BCUT2D eigenvalue weighted by molar-refractivity contribution is 5.85. The SMILES string of the molecule is Cl.Cl.O=C(NCCC1CCNC1)C1CN(Cc2ccccc2)CCO1. The van der Waals surface area contributed by atoms with Crippen LogP contribution in [-0.4, -0.2) is 56.2 Å². The lowest BCUT2D eigenvalue weighted by molar-refractivity contribution is -0.138. The van der Waals surface area contributed by atoms with Crippen LogP contribution in [-0.2, 0) is 16.1 Å². The molecule has 0 spiro atoms. The van der Waals surface area contributed by atoms with Crippen LogP contribution in [0.3, 0.4) is 0 Å². The predicted octanol–water partition coefficient (Wildman–Crippen LogP) is 1.85. The zero-order chi connectivity index (χ0) is 15.9. The van der Waals surface area contributed by atoms with Crippen molar-refractivity contribution in [2.45, 2.75) is 25.5 Å². The van der Waals surface area contributed by atoms with Crippen molar-refractivity contribution in [2.24, 2.45) is 5.92 Å². The number of benzene rings is 1. The summed E-state index contributed by atoms with van der Waals surface area (Å²) in [5.41, 5.74) is 1.28. The summed E-state index contributed by atoms with van der Waals surface area (Å²) in [5, 5.41) is 6.40. The summed E-state index contributed by atoms with van der Waals surface area (Å²) >= 11 is 0. The van der Waals surface area contributed by atoms with E-state index in [1.165, 1.54) is 12.0 Å². The Morgan fingerprint density at radius 2 is 2.08 bits per heavy atom. The molecule has 2 N–H and O–H groups in total. The van der Waals surface area contributed by atoms with E-state index < -0.39 is 0 Å². The second kappa shape index (κ2) is 11.7. The third-order valence-electron chi connectivity index (χ3n) is 4.71. The summed E-state index contributed by atoms with van der Waals surface area (Å²) in [6, 6.07) is 10.4. The average Bonchev–Trinajstić information content (AvgIpc) is 3.09. The van der Waals surface area contributed by atoms with Gasteiger partial charge in [0.2, 0.25) is 5.91 Å². The van der Waals surface area contributed by atoms with Gasteiger partial charge in [-0.1, -0.05) is 30.3 Å². The summed E-state index contributed by atoms with van der Waals surface area (Å²) in [4.78, 5) is 14.6. The van der Waals surface area contributed by atoms with Crippen LogP contribution >= 0.6 is 24.8 Å². The van der Waals surface area contributed by atoms with Gasteiger partial charge in [-0.15, -0.1) is 24.8 Å². The highest BCUT2D eigenvalue weighted by atomic mass is 35.5. The van der Waals surface area contributed by atoms with E-state index in [9.17, 15) is 4.79 Å². The van der Waals surface area contributed by atoms with Gasteiger partial charge in [0, 0.05) is 26.2 Å². The van der Waals surface area contributed by atoms with Gasteiger partial charge in [-0.25, -0.2) is 0 Å². The molecule has 2 atom stereocenters. The van der Waals surface area contributed by atoms with Crippen molar-refractivity contribution in [2.75, 3.05) is 39.3 Å². The van der Waals surface area contributed by atoms with Gasteiger partial charge in [0.15, 0.2) is 0 Å². The van der Waals surface area contributed by atoms with Crippen molar-refractivity contribution in [3.63, 3.8) is 0 Å². The molecule has 0 radical (unpaired) electrons. The smallest absolute Gasteiger partial charge is 0.250 e. The lowest BCUT2D eigenvalue weighted by Gasteiger charge is -2.32. The van der Waals surface area contributed by atoms with Gasteiger partial charge in [-0.3, -0.25) is 9.69 Å². The molecule has 2 fully saturated rings. The first kappa shape index (κ1) is 22.2. The second-order valence-corrected chi connectivity index (χ2v) is 6.52. The monoisotopic (exact) mass is 389 g/mol. The Labute approximate surface area is 162 Å². The zero-order valence-corrected chi connectivity index (χ0v) is 16.1. The minimum atomic E-state index is -0.339. The first-order valence-corrected chi connectivity index (χ1v) is 8.67. The zero-order valence-electron chi connectivity index (χ0n) is 14.5. The molecule has 2 saturated heterocycles. The van der Waals surface area contributed by atoms with Crippen LogP contribution in [0, 0.1) is 5.92 Å². The first-order chi connectivity index (χ1) is 11.3. The van der Waals surface area contributed by atoms with Crippen LogP contribution < -0.4 is 10.6 Å². The fourth-order valence-corrected chi connectivity index (χ4v) is 3.32. The number of carbonyl (C=O) groups excluding carboxylic acids is 1. The van der Waals surface area contributed by atoms with Crippen LogP contribution in [0.2, 0.25) is 0 Å². The topological polar surface area (TPSA) is 53.6 Å². The van der Waals surface area contributed by atoms with E-state index in [4.69, 9.17) is 4.74 Å². The molecule has 1 amide bonds. The quantitative estimate of drug-likeness (QED) is 0.779. The minimum Gasteiger partial charge on any atom is -0.366 e. The van der Waals surface area contributed by atoms with Crippen molar-refractivity contribution in [1.29, 1.82) is 0 Å². The molecular weight excluding hydrogens is 361 g/mol.